The maximum Gasteiger partial charge on any atom is 0.229 e. The molecule has 0 spiro atoms. The molecule has 1 aromatic rings. The molecule has 0 aliphatic carbocycles. The number of nitrogens with one attached hydrogen (secondary N) is 1. The van der Waals surface area contributed by atoms with Crippen molar-refractivity contribution >= 4 is 17.5 Å². The predicted octanol–water partition coefficient (Wildman–Crippen LogP) is 1.53. The van der Waals surface area contributed by atoms with Gasteiger partial charge in [-0.25, -0.2) is 0 Å². The maximum atomic E-state index is 12.4. The van der Waals surface area contributed by atoms with Crippen LogP contribution in [0, 0.1) is 5.92 Å². The third-order valence-electron chi connectivity index (χ3n) is 3.45. The minimum atomic E-state index is -0.103. The number of rotatable bonds is 4. The number of nitrogens with zero attached hydrogens (tertiary/aromatic N) is 1. The molecule has 1 aliphatic heterocycles. The van der Waals surface area contributed by atoms with Crippen LogP contribution in [0.3, 0.4) is 0 Å². The summed E-state index contributed by atoms with van der Waals surface area (Å²) in [5.41, 5.74) is 1.03. The van der Waals surface area contributed by atoms with Crippen LogP contribution in [0.4, 0.5) is 0 Å². The van der Waals surface area contributed by atoms with Gasteiger partial charge in [0.15, 0.2) is 0 Å². The van der Waals surface area contributed by atoms with Crippen LogP contribution in [0.5, 0.6) is 0 Å². The first-order valence-corrected chi connectivity index (χ1v) is 6.74. The van der Waals surface area contributed by atoms with E-state index in [1.54, 1.807) is 4.90 Å². The van der Waals surface area contributed by atoms with Crippen LogP contribution in [0.25, 0.3) is 0 Å². The predicted molar refractivity (Wildman–Crippen MR) is 75.1 cm³/mol. The number of amides is 1. The van der Waals surface area contributed by atoms with Crippen LogP contribution < -0.4 is 5.32 Å². The average Bonchev–Trinajstić information content (AvgIpc) is 2.86. The fraction of sp³-hybridized carbons (Fsp3) is 0.500. The van der Waals surface area contributed by atoms with Gasteiger partial charge in [-0.15, -0.1) is 0 Å². The average molecular weight is 283 g/mol. The van der Waals surface area contributed by atoms with Gasteiger partial charge in [0.25, 0.3) is 0 Å². The van der Waals surface area contributed by atoms with Crippen LogP contribution in [0.2, 0.25) is 5.02 Å². The standard InChI is InChI=1S/C14H19ClN2O2/c1-16-13-9-19-8-12(13)14(18)17(2)7-10-4-3-5-11(15)6-10/h3-6,12-13,16H,7-9H2,1-2H3. The largest absolute Gasteiger partial charge is 0.379 e. The quantitative estimate of drug-likeness (QED) is 0.911. The summed E-state index contributed by atoms with van der Waals surface area (Å²) in [6, 6.07) is 7.68. The molecule has 0 saturated carbocycles. The lowest BCUT2D eigenvalue weighted by Gasteiger charge is -2.23. The zero-order valence-electron chi connectivity index (χ0n) is 11.2. The molecule has 0 bridgehead atoms. The number of carbonyl (C=O) groups is 1. The summed E-state index contributed by atoms with van der Waals surface area (Å²) >= 11 is 5.95. The Morgan fingerprint density at radius 2 is 2.32 bits per heavy atom. The number of likely N-dealkylation sites (N-methyl/N-ethyl adjacent to an activating group) is 1. The van der Waals surface area contributed by atoms with E-state index in [0.29, 0.717) is 24.8 Å². The van der Waals surface area contributed by atoms with Crippen molar-refractivity contribution in [3.05, 3.63) is 34.9 Å². The molecule has 0 radical (unpaired) electrons. The van der Waals surface area contributed by atoms with Gasteiger partial charge in [-0.2, -0.15) is 0 Å². The minimum absolute atomic E-state index is 0.103. The van der Waals surface area contributed by atoms with E-state index >= 15 is 0 Å². The van der Waals surface area contributed by atoms with Crippen LogP contribution in [-0.2, 0) is 16.1 Å². The first-order chi connectivity index (χ1) is 9.11. The smallest absolute Gasteiger partial charge is 0.229 e. The summed E-state index contributed by atoms with van der Waals surface area (Å²) in [5, 5.41) is 3.82. The van der Waals surface area contributed by atoms with E-state index in [2.05, 4.69) is 5.32 Å². The van der Waals surface area contributed by atoms with Crippen molar-refractivity contribution in [3.8, 4) is 0 Å². The second-order valence-electron chi connectivity index (χ2n) is 4.86. The molecule has 0 aromatic heterocycles. The van der Waals surface area contributed by atoms with E-state index in [4.69, 9.17) is 16.3 Å². The van der Waals surface area contributed by atoms with Gasteiger partial charge in [0.1, 0.15) is 0 Å². The van der Waals surface area contributed by atoms with Gasteiger partial charge in [-0.1, -0.05) is 23.7 Å². The molecule has 5 heteroatoms. The summed E-state index contributed by atoms with van der Waals surface area (Å²) in [4.78, 5) is 14.1. The van der Waals surface area contributed by atoms with Gasteiger partial charge in [-0.05, 0) is 24.7 Å². The highest BCUT2D eigenvalue weighted by atomic mass is 35.5. The monoisotopic (exact) mass is 282 g/mol. The van der Waals surface area contributed by atoms with Crippen molar-refractivity contribution in [1.82, 2.24) is 10.2 Å². The molecule has 1 aliphatic rings. The molecule has 1 saturated heterocycles. The number of carbonyl (C=O) groups excluding carboxylic acids is 1. The van der Waals surface area contributed by atoms with Crippen molar-refractivity contribution in [2.75, 3.05) is 27.3 Å². The summed E-state index contributed by atoms with van der Waals surface area (Å²) in [6.07, 6.45) is 0. The molecule has 1 aromatic carbocycles. The molecule has 1 amide bonds. The fourth-order valence-electron chi connectivity index (χ4n) is 2.35. The van der Waals surface area contributed by atoms with E-state index in [9.17, 15) is 4.79 Å². The first-order valence-electron chi connectivity index (χ1n) is 6.36. The van der Waals surface area contributed by atoms with Crippen molar-refractivity contribution < 1.29 is 9.53 Å². The highest BCUT2D eigenvalue weighted by Gasteiger charge is 2.34. The minimum Gasteiger partial charge on any atom is -0.379 e. The Balaban J connectivity index is 1.99. The van der Waals surface area contributed by atoms with E-state index in [0.717, 1.165) is 5.56 Å². The lowest BCUT2D eigenvalue weighted by molar-refractivity contribution is -0.135. The second kappa shape index (κ2) is 6.37. The van der Waals surface area contributed by atoms with E-state index < -0.39 is 0 Å². The Morgan fingerprint density at radius 1 is 1.53 bits per heavy atom. The molecule has 1 fully saturated rings. The molecule has 104 valence electrons. The Kier molecular flexibility index (Phi) is 4.80. The maximum absolute atomic E-state index is 12.4. The van der Waals surface area contributed by atoms with Crippen LogP contribution >= 0.6 is 11.6 Å². The zero-order chi connectivity index (χ0) is 13.8. The molecule has 19 heavy (non-hydrogen) atoms. The van der Waals surface area contributed by atoms with E-state index in [1.807, 2.05) is 38.4 Å². The molecule has 1 heterocycles. The van der Waals surface area contributed by atoms with Gasteiger partial charge >= 0.3 is 0 Å². The Hall–Kier alpha value is -1.10. The third kappa shape index (κ3) is 3.47. The number of hydrogen-bond acceptors (Lipinski definition) is 3. The molecule has 2 rings (SSSR count). The van der Waals surface area contributed by atoms with Crippen molar-refractivity contribution in [2.45, 2.75) is 12.6 Å². The molecule has 2 unspecified atom stereocenters. The lowest BCUT2D eigenvalue weighted by atomic mass is 10.0. The molecule has 1 N–H and O–H groups in total. The molecule has 2 atom stereocenters. The van der Waals surface area contributed by atoms with E-state index in [1.165, 1.54) is 0 Å². The SMILES string of the molecule is CNC1COCC1C(=O)N(C)Cc1cccc(Cl)c1. The number of hydrogen-bond donors (Lipinski definition) is 1. The lowest BCUT2D eigenvalue weighted by Crippen LogP contribution is -2.43. The first kappa shape index (κ1) is 14.3. The Morgan fingerprint density at radius 3 is 3.00 bits per heavy atom. The normalized spacial score (nSPS) is 22.5. The zero-order valence-corrected chi connectivity index (χ0v) is 12.0. The molecule has 4 nitrogen and oxygen atoms in total. The number of benzene rings is 1. The summed E-state index contributed by atoms with van der Waals surface area (Å²) in [6.45, 7) is 1.65. The van der Waals surface area contributed by atoms with Gasteiger partial charge < -0.3 is 15.0 Å². The van der Waals surface area contributed by atoms with Crippen molar-refractivity contribution in [3.63, 3.8) is 0 Å². The fourth-order valence-corrected chi connectivity index (χ4v) is 2.57. The van der Waals surface area contributed by atoms with Gasteiger partial charge in [0.2, 0.25) is 5.91 Å². The highest BCUT2D eigenvalue weighted by Crippen LogP contribution is 2.18. The molecular formula is C14H19ClN2O2. The van der Waals surface area contributed by atoms with Crippen molar-refractivity contribution in [1.29, 1.82) is 0 Å². The van der Waals surface area contributed by atoms with Gasteiger partial charge in [-0.3, -0.25) is 4.79 Å². The Bertz CT molecular complexity index is 453. The summed E-state index contributed by atoms with van der Waals surface area (Å²) in [7, 11) is 3.67. The number of halogens is 1. The van der Waals surface area contributed by atoms with Gasteiger partial charge in [0, 0.05) is 24.7 Å². The van der Waals surface area contributed by atoms with Crippen LogP contribution in [0.15, 0.2) is 24.3 Å². The van der Waals surface area contributed by atoms with Crippen LogP contribution in [-0.4, -0.2) is 44.2 Å². The topological polar surface area (TPSA) is 41.6 Å². The Labute approximate surface area is 118 Å². The third-order valence-corrected chi connectivity index (χ3v) is 3.69. The van der Waals surface area contributed by atoms with E-state index in [-0.39, 0.29) is 17.9 Å². The van der Waals surface area contributed by atoms with Crippen LogP contribution in [0.1, 0.15) is 5.56 Å². The van der Waals surface area contributed by atoms with Crippen molar-refractivity contribution in [2.24, 2.45) is 5.92 Å². The van der Waals surface area contributed by atoms with Gasteiger partial charge in [0.05, 0.1) is 19.1 Å². The molecular weight excluding hydrogens is 264 g/mol. The summed E-state index contributed by atoms with van der Waals surface area (Å²) < 4.78 is 5.37. The highest BCUT2D eigenvalue weighted by molar-refractivity contribution is 6.30. The second-order valence-corrected chi connectivity index (χ2v) is 5.30. The number of ether oxygens (including phenoxy) is 1. The summed E-state index contributed by atoms with van der Waals surface area (Å²) in [5.74, 6) is 0.00556.